The fraction of sp³-hybridized carbons (Fsp3) is 0.500. The maximum atomic E-state index is 9.78. The van der Waals surface area contributed by atoms with Gasteiger partial charge in [0, 0.05) is 26.4 Å². The van der Waals surface area contributed by atoms with E-state index in [0.29, 0.717) is 18.2 Å². The first-order chi connectivity index (χ1) is 10.0. The van der Waals surface area contributed by atoms with Gasteiger partial charge < -0.3 is 14.7 Å². The number of methoxy groups -OCH3 is 1. The highest BCUT2D eigenvalue weighted by atomic mass is 16.5. The van der Waals surface area contributed by atoms with Crippen LogP contribution in [0.5, 0.6) is 0 Å². The Labute approximate surface area is 124 Å². The maximum Gasteiger partial charge on any atom is 0.174 e. The molecule has 0 aliphatic rings. The average molecular weight is 291 g/mol. The van der Waals surface area contributed by atoms with Gasteiger partial charge in [0.05, 0.1) is 30.8 Å². The lowest BCUT2D eigenvalue weighted by atomic mass is 10.3. The molecule has 0 fully saturated rings. The Hall–Kier alpha value is -1.99. The number of aliphatic hydroxyl groups excluding tert-OH is 1. The summed E-state index contributed by atoms with van der Waals surface area (Å²) in [5.41, 5.74) is 1.93. The predicted octanol–water partition coefficient (Wildman–Crippen LogP) is 0.723. The monoisotopic (exact) mass is 291 g/mol. The van der Waals surface area contributed by atoms with Crippen molar-refractivity contribution >= 4 is 5.82 Å². The number of hydrogen-bond donors (Lipinski definition) is 1. The molecule has 0 aliphatic carbocycles. The van der Waals surface area contributed by atoms with Crippen molar-refractivity contribution in [3.05, 3.63) is 29.8 Å². The minimum atomic E-state index is -0.570. The number of anilines is 1. The molecule has 114 valence electrons. The fourth-order valence-electron chi connectivity index (χ4n) is 2.15. The van der Waals surface area contributed by atoms with Gasteiger partial charge in [0.25, 0.3) is 0 Å². The second-order valence-corrected chi connectivity index (χ2v) is 5.06. The third kappa shape index (κ3) is 3.77. The average Bonchev–Trinajstić information content (AvgIpc) is 2.78. The molecule has 0 saturated heterocycles. The standard InChI is InChI=1S/C14H21N5O2/c1-10-5-11(2)19(17-10)14-7-15-6-13(16-14)18(3)8-12(20)9-21-4/h5-7,12,20H,8-9H2,1-4H3/t12-/m0/s1. The number of nitrogens with zero attached hydrogens (tertiary/aromatic N) is 5. The molecule has 0 bridgehead atoms. The third-order valence-corrected chi connectivity index (χ3v) is 3.07. The van der Waals surface area contributed by atoms with Crippen LogP contribution in [0.25, 0.3) is 5.82 Å². The lowest BCUT2D eigenvalue weighted by Gasteiger charge is -2.21. The number of ether oxygens (including phenoxy) is 1. The molecule has 0 aromatic carbocycles. The summed E-state index contributed by atoms with van der Waals surface area (Å²) in [6, 6.07) is 1.99. The van der Waals surface area contributed by atoms with Gasteiger partial charge in [-0.3, -0.25) is 4.98 Å². The zero-order chi connectivity index (χ0) is 15.4. The van der Waals surface area contributed by atoms with Gasteiger partial charge in [-0.25, -0.2) is 9.67 Å². The Bertz CT molecular complexity index is 599. The van der Waals surface area contributed by atoms with E-state index in [4.69, 9.17) is 4.74 Å². The third-order valence-electron chi connectivity index (χ3n) is 3.07. The predicted molar refractivity (Wildman–Crippen MR) is 79.8 cm³/mol. The summed E-state index contributed by atoms with van der Waals surface area (Å²) in [7, 11) is 3.42. The molecule has 0 saturated carbocycles. The van der Waals surface area contributed by atoms with Crippen LogP contribution in [0.4, 0.5) is 5.82 Å². The lowest BCUT2D eigenvalue weighted by molar-refractivity contribution is 0.0694. The van der Waals surface area contributed by atoms with Crippen molar-refractivity contribution in [3.63, 3.8) is 0 Å². The zero-order valence-corrected chi connectivity index (χ0v) is 12.8. The maximum absolute atomic E-state index is 9.78. The molecule has 2 aromatic heterocycles. The topological polar surface area (TPSA) is 76.3 Å². The summed E-state index contributed by atoms with van der Waals surface area (Å²) in [6.07, 6.45) is 2.76. The Morgan fingerprint density at radius 2 is 2.14 bits per heavy atom. The van der Waals surface area contributed by atoms with Crippen LogP contribution in [0.15, 0.2) is 18.5 Å². The van der Waals surface area contributed by atoms with Crippen LogP contribution >= 0.6 is 0 Å². The number of aryl methyl sites for hydroxylation is 2. The van der Waals surface area contributed by atoms with Gasteiger partial charge in [-0.05, 0) is 19.9 Å². The van der Waals surface area contributed by atoms with Gasteiger partial charge >= 0.3 is 0 Å². The van der Waals surface area contributed by atoms with E-state index in [9.17, 15) is 5.11 Å². The molecule has 2 heterocycles. The summed E-state index contributed by atoms with van der Waals surface area (Å²) < 4.78 is 6.68. The normalized spacial score (nSPS) is 12.4. The van der Waals surface area contributed by atoms with Gasteiger partial charge in [-0.2, -0.15) is 5.10 Å². The highest BCUT2D eigenvalue weighted by Crippen LogP contribution is 2.13. The van der Waals surface area contributed by atoms with Crippen molar-refractivity contribution < 1.29 is 9.84 Å². The molecule has 1 N–H and O–H groups in total. The van der Waals surface area contributed by atoms with Crippen molar-refractivity contribution in [2.75, 3.05) is 32.2 Å². The van der Waals surface area contributed by atoms with Crippen LogP contribution in [-0.2, 0) is 4.74 Å². The molecule has 7 nitrogen and oxygen atoms in total. The molecule has 21 heavy (non-hydrogen) atoms. The van der Waals surface area contributed by atoms with Gasteiger partial charge in [0.1, 0.15) is 5.82 Å². The van der Waals surface area contributed by atoms with E-state index in [1.165, 1.54) is 0 Å². The van der Waals surface area contributed by atoms with Crippen LogP contribution in [0.3, 0.4) is 0 Å². The molecular formula is C14H21N5O2. The lowest BCUT2D eigenvalue weighted by Crippen LogP contribution is -2.32. The molecule has 7 heteroatoms. The Morgan fingerprint density at radius 3 is 2.76 bits per heavy atom. The van der Waals surface area contributed by atoms with Crippen molar-refractivity contribution in [2.45, 2.75) is 20.0 Å². The number of rotatable bonds is 6. The summed E-state index contributed by atoms with van der Waals surface area (Å²) >= 11 is 0. The second kappa shape index (κ2) is 6.64. The first-order valence-electron chi connectivity index (χ1n) is 6.75. The van der Waals surface area contributed by atoms with Crippen LogP contribution in [0.2, 0.25) is 0 Å². The molecule has 0 aliphatic heterocycles. The number of aromatic nitrogens is 4. The van der Waals surface area contributed by atoms with Crippen molar-refractivity contribution in [1.29, 1.82) is 0 Å². The summed E-state index contributed by atoms with van der Waals surface area (Å²) in [6.45, 7) is 4.62. The van der Waals surface area contributed by atoms with Crippen LogP contribution in [0, 0.1) is 13.8 Å². The first-order valence-corrected chi connectivity index (χ1v) is 6.75. The minimum Gasteiger partial charge on any atom is -0.389 e. The van der Waals surface area contributed by atoms with Gasteiger partial charge in [0.2, 0.25) is 0 Å². The fourth-order valence-corrected chi connectivity index (χ4v) is 2.15. The highest BCUT2D eigenvalue weighted by Gasteiger charge is 2.12. The number of hydrogen-bond acceptors (Lipinski definition) is 6. The molecule has 1 atom stereocenters. The van der Waals surface area contributed by atoms with E-state index in [0.717, 1.165) is 11.4 Å². The Balaban J connectivity index is 2.19. The largest absolute Gasteiger partial charge is 0.389 e. The van der Waals surface area contributed by atoms with Gasteiger partial charge in [0.15, 0.2) is 5.82 Å². The van der Waals surface area contributed by atoms with Crippen molar-refractivity contribution in [2.24, 2.45) is 0 Å². The number of likely N-dealkylation sites (N-methyl/N-ethyl adjacent to an activating group) is 1. The zero-order valence-electron chi connectivity index (χ0n) is 12.8. The highest BCUT2D eigenvalue weighted by molar-refractivity contribution is 5.39. The second-order valence-electron chi connectivity index (χ2n) is 5.06. The van der Waals surface area contributed by atoms with Crippen molar-refractivity contribution in [3.8, 4) is 5.82 Å². The molecule has 0 amide bonds. The van der Waals surface area contributed by atoms with Crippen LogP contribution in [0.1, 0.15) is 11.4 Å². The Morgan fingerprint density at radius 1 is 1.38 bits per heavy atom. The molecule has 0 radical (unpaired) electrons. The first kappa shape index (κ1) is 15.4. The number of aliphatic hydroxyl groups is 1. The van der Waals surface area contributed by atoms with E-state index >= 15 is 0 Å². The smallest absolute Gasteiger partial charge is 0.174 e. The van der Waals surface area contributed by atoms with E-state index in [2.05, 4.69) is 15.1 Å². The SMILES string of the molecule is COC[C@@H](O)CN(C)c1cncc(-n2nc(C)cc2C)n1. The Kier molecular flexibility index (Phi) is 4.87. The van der Waals surface area contributed by atoms with E-state index in [1.54, 1.807) is 24.2 Å². The minimum absolute atomic E-state index is 0.287. The molecule has 2 aromatic rings. The summed E-state index contributed by atoms with van der Waals surface area (Å²) in [4.78, 5) is 10.6. The van der Waals surface area contributed by atoms with E-state index < -0.39 is 6.10 Å². The molecule has 0 unspecified atom stereocenters. The van der Waals surface area contributed by atoms with E-state index in [-0.39, 0.29) is 6.61 Å². The quantitative estimate of drug-likeness (QED) is 0.845. The van der Waals surface area contributed by atoms with Crippen LogP contribution in [-0.4, -0.2) is 58.3 Å². The molecule has 0 spiro atoms. The van der Waals surface area contributed by atoms with Crippen molar-refractivity contribution in [1.82, 2.24) is 19.7 Å². The molecular weight excluding hydrogens is 270 g/mol. The van der Waals surface area contributed by atoms with Gasteiger partial charge in [-0.15, -0.1) is 0 Å². The summed E-state index contributed by atoms with van der Waals surface area (Å²) in [5.74, 6) is 1.33. The van der Waals surface area contributed by atoms with Crippen LogP contribution < -0.4 is 4.90 Å². The molecule has 2 rings (SSSR count). The summed E-state index contributed by atoms with van der Waals surface area (Å²) in [5, 5.41) is 14.2. The van der Waals surface area contributed by atoms with Gasteiger partial charge in [-0.1, -0.05) is 0 Å². The van der Waals surface area contributed by atoms with E-state index in [1.807, 2.05) is 31.9 Å².